The number of carbonyl (C=O) groups is 3. The average molecular weight is 317 g/mol. The summed E-state index contributed by atoms with van der Waals surface area (Å²) in [6.45, 7) is 1.78. The predicted molar refractivity (Wildman–Crippen MR) is 82.2 cm³/mol. The van der Waals surface area contributed by atoms with E-state index in [0.717, 1.165) is 5.56 Å². The van der Waals surface area contributed by atoms with Gasteiger partial charge < -0.3 is 15.7 Å². The van der Waals surface area contributed by atoms with Gasteiger partial charge in [-0.25, -0.2) is 0 Å². The fourth-order valence-corrected chi connectivity index (χ4v) is 3.16. The Morgan fingerprint density at radius 2 is 2.04 bits per heavy atom. The van der Waals surface area contributed by atoms with Crippen LogP contribution < -0.4 is 10.6 Å². The number of nitrogens with zero attached hydrogens (tertiary/aromatic N) is 1. The number of carboxylic acid groups (broad SMARTS) is 1. The van der Waals surface area contributed by atoms with Gasteiger partial charge in [-0.05, 0) is 24.5 Å². The minimum Gasteiger partial charge on any atom is -0.480 e. The van der Waals surface area contributed by atoms with Crippen LogP contribution >= 0.6 is 0 Å². The Morgan fingerprint density at radius 1 is 1.30 bits per heavy atom. The summed E-state index contributed by atoms with van der Waals surface area (Å²) in [6.07, 6.45) is 1.42. The second kappa shape index (κ2) is 6.37. The molecule has 0 aromatic heterocycles. The Bertz CT molecular complexity index is 651. The summed E-state index contributed by atoms with van der Waals surface area (Å²) in [5.41, 5.74) is 1.72. The van der Waals surface area contributed by atoms with Crippen LogP contribution in [0, 0.1) is 0 Å². The molecule has 1 aromatic carbocycles. The first-order valence-corrected chi connectivity index (χ1v) is 7.69. The fourth-order valence-electron chi connectivity index (χ4n) is 3.16. The van der Waals surface area contributed by atoms with Crippen LogP contribution in [0.5, 0.6) is 0 Å². The summed E-state index contributed by atoms with van der Waals surface area (Å²) in [5.74, 6) is -1.28. The zero-order valence-corrected chi connectivity index (χ0v) is 12.7. The third kappa shape index (κ3) is 3.34. The van der Waals surface area contributed by atoms with Crippen LogP contribution in [0.2, 0.25) is 0 Å². The van der Waals surface area contributed by atoms with E-state index in [1.165, 1.54) is 0 Å². The van der Waals surface area contributed by atoms with Gasteiger partial charge in [0.25, 0.3) is 11.8 Å². The third-order valence-electron chi connectivity index (χ3n) is 4.34. The quantitative estimate of drug-likeness (QED) is 0.737. The summed E-state index contributed by atoms with van der Waals surface area (Å²) in [5, 5.41) is 14.5. The van der Waals surface area contributed by atoms with Gasteiger partial charge >= 0.3 is 5.97 Å². The molecular weight excluding hydrogens is 298 g/mol. The number of aliphatic carboxylic acids is 1. The van der Waals surface area contributed by atoms with Crippen LogP contribution in [0.3, 0.4) is 0 Å². The van der Waals surface area contributed by atoms with Crippen molar-refractivity contribution >= 4 is 17.8 Å². The molecule has 0 bridgehead atoms. The first-order valence-electron chi connectivity index (χ1n) is 7.69. The monoisotopic (exact) mass is 317 g/mol. The van der Waals surface area contributed by atoms with Crippen molar-refractivity contribution in [2.75, 3.05) is 19.6 Å². The van der Waals surface area contributed by atoms with E-state index in [2.05, 4.69) is 10.6 Å². The van der Waals surface area contributed by atoms with E-state index >= 15 is 0 Å². The molecule has 2 amide bonds. The Kier molecular flexibility index (Phi) is 4.29. The van der Waals surface area contributed by atoms with Gasteiger partial charge in [-0.1, -0.05) is 12.1 Å². The largest absolute Gasteiger partial charge is 0.480 e. The van der Waals surface area contributed by atoms with Crippen LogP contribution in [-0.2, 0) is 11.3 Å². The highest BCUT2D eigenvalue weighted by atomic mass is 16.4. The van der Waals surface area contributed by atoms with Gasteiger partial charge in [-0.3, -0.25) is 19.3 Å². The fraction of sp³-hybridized carbons (Fsp3) is 0.438. The van der Waals surface area contributed by atoms with Crippen molar-refractivity contribution in [3.05, 3.63) is 34.9 Å². The zero-order valence-electron chi connectivity index (χ0n) is 12.7. The lowest BCUT2D eigenvalue weighted by atomic mass is 10.0. The molecule has 1 fully saturated rings. The minimum absolute atomic E-state index is 0.00728. The van der Waals surface area contributed by atoms with E-state index in [-0.39, 0.29) is 24.4 Å². The lowest BCUT2D eigenvalue weighted by molar-refractivity contribution is -0.138. The third-order valence-corrected chi connectivity index (χ3v) is 4.34. The standard InChI is InChI=1S/C16H19N3O4/c20-13(21)9-19-6-4-11(5-7-19)18-15(22)12-3-1-2-10-8-17-16(23)14(10)12/h1-3,11H,4-9H2,(H,17,23)(H,18,22)(H,20,21). The number of piperidine rings is 1. The van der Waals surface area contributed by atoms with Crippen molar-refractivity contribution in [3.63, 3.8) is 0 Å². The zero-order chi connectivity index (χ0) is 16.4. The molecule has 3 N–H and O–H groups in total. The average Bonchev–Trinajstić information content (AvgIpc) is 2.90. The van der Waals surface area contributed by atoms with Crippen LogP contribution in [0.4, 0.5) is 0 Å². The number of likely N-dealkylation sites (tertiary alicyclic amines) is 1. The van der Waals surface area contributed by atoms with Gasteiger partial charge in [0.05, 0.1) is 17.7 Å². The molecule has 2 heterocycles. The molecule has 0 saturated carbocycles. The molecule has 2 aliphatic heterocycles. The molecule has 0 atom stereocenters. The SMILES string of the molecule is O=C(O)CN1CCC(NC(=O)c2cccc3c2C(=O)NC3)CC1. The highest BCUT2D eigenvalue weighted by Crippen LogP contribution is 2.20. The molecule has 7 heteroatoms. The lowest BCUT2D eigenvalue weighted by Crippen LogP contribution is -2.46. The second-order valence-corrected chi connectivity index (χ2v) is 5.94. The first-order chi connectivity index (χ1) is 11.0. The Hall–Kier alpha value is -2.41. The smallest absolute Gasteiger partial charge is 0.317 e. The molecule has 1 saturated heterocycles. The van der Waals surface area contributed by atoms with Crippen molar-refractivity contribution in [2.45, 2.75) is 25.4 Å². The number of fused-ring (bicyclic) bond motifs is 1. The number of hydrogen-bond acceptors (Lipinski definition) is 4. The maximum atomic E-state index is 12.5. The van der Waals surface area contributed by atoms with Crippen LogP contribution in [0.1, 0.15) is 39.1 Å². The van der Waals surface area contributed by atoms with Crippen molar-refractivity contribution in [1.29, 1.82) is 0 Å². The molecule has 0 aliphatic carbocycles. The molecule has 23 heavy (non-hydrogen) atoms. The molecule has 0 radical (unpaired) electrons. The van der Waals surface area contributed by atoms with Crippen molar-refractivity contribution < 1.29 is 19.5 Å². The Labute approximate surface area is 133 Å². The van der Waals surface area contributed by atoms with Crippen molar-refractivity contribution in [3.8, 4) is 0 Å². The van der Waals surface area contributed by atoms with Gasteiger partial charge in [-0.2, -0.15) is 0 Å². The number of amides is 2. The first kappa shape index (κ1) is 15.5. The summed E-state index contributed by atoms with van der Waals surface area (Å²) < 4.78 is 0. The Morgan fingerprint density at radius 3 is 2.74 bits per heavy atom. The molecule has 0 spiro atoms. The van der Waals surface area contributed by atoms with E-state index < -0.39 is 5.97 Å². The lowest BCUT2D eigenvalue weighted by Gasteiger charge is -2.31. The number of hydrogen-bond donors (Lipinski definition) is 3. The van der Waals surface area contributed by atoms with Gasteiger partial charge in [0.2, 0.25) is 0 Å². The van der Waals surface area contributed by atoms with E-state index in [1.54, 1.807) is 12.1 Å². The molecule has 1 aromatic rings. The number of rotatable bonds is 4. The number of benzene rings is 1. The normalized spacial score (nSPS) is 18.3. The molecule has 7 nitrogen and oxygen atoms in total. The second-order valence-electron chi connectivity index (χ2n) is 5.94. The maximum absolute atomic E-state index is 12.5. The van der Waals surface area contributed by atoms with Crippen LogP contribution in [0.15, 0.2) is 18.2 Å². The van der Waals surface area contributed by atoms with E-state index in [4.69, 9.17) is 5.11 Å². The predicted octanol–water partition coefficient (Wildman–Crippen LogP) is 0.209. The molecule has 2 aliphatic rings. The minimum atomic E-state index is -0.835. The summed E-state index contributed by atoms with van der Waals surface area (Å²) in [7, 11) is 0. The maximum Gasteiger partial charge on any atom is 0.317 e. The number of carboxylic acids is 1. The van der Waals surface area contributed by atoms with E-state index in [9.17, 15) is 14.4 Å². The van der Waals surface area contributed by atoms with Gasteiger partial charge in [0, 0.05) is 25.7 Å². The van der Waals surface area contributed by atoms with Crippen molar-refractivity contribution in [1.82, 2.24) is 15.5 Å². The molecule has 3 rings (SSSR count). The topological polar surface area (TPSA) is 98.7 Å². The molecular formula is C16H19N3O4. The van der Waals surface area contributed by atoms with Gasteiger partial charge in [0.1, 0.15) is 0 Å². The highest BCUT2D eigenvalue weighted by molar-refractivity contribution is 6.09. The molecule has 122 valence electrons. The Balaban J connectivity index is 1.62. The molecule has 0 unspecified atom stereocenters. The van der Waals surface area contributed by atoms with E-state index in [1.807, 2.05) is 11.0 Å². The summed E-state index contributed by atoms with van der Waals surface area (Å²) in [6, 6.07) is 5.30. The van der Waals surface area contributed by atoms with Crippen LogP contribution in [-0.4, -0.2) is 53.5 Å². The highest BCUT2D eigenvalue weighted by Gasteiger charge is 2.27. The van der Waals surface area contributed by atoms with Gasteiger partial charge in [0.15, 0.2) is 0 Å². The summed E-state index contributed by atoms with van der Waals surface area (Å²) >= 11 is 0. The van der Waals surface area contributed by atoms with Crippen molar-refractivity contribution in [2.24, 2.45) is 0 Å². The van der Waals surface area contributed by atoms with Crippen LogP contribution in [0.25, 0.3) is 0 Å². The van der Waals surface area contributed by atoms with E-state index in [0.29, 0.717) is 43.6 Å². The number of nitrogens with one attached hydrogen (secondary N) is 2. The number of carbonyl (C=O) groups excluding carboxylic acids is 2. The van der Waals surface area contributed by atoms with Gasteiger partial charge in [-0.15, -0.1) is 0 Å². The summed E-state index contributed by atoms with van der Waals surface area (Å²) in [4.78, 5) is 36.9.